The van der Waals surface area contributed by atoms with Crippen molar-refractivity contribution in [2.24, 2.45) is 4.99 Å². The Morgan fingerprint density at radius 1 is 1.04 bits per heavy atom. The maximum absolute atomic E-state index is 4.87. The van der Waals surface area contributed by atoms with Crippen molar-refractivity contribution >= 4 is 35.9 Å². The number of aryl methyl sites for hydroxylation is 2. The first-order valence-electron chi connectivity index (χ1n) is 9.78. The van der Waals surface area contributed by atoms with Gasteiger partial charge in [0.2, 0.25) is 5.95 Å². The van der Waals surface area contributed by atoms with Crippen molar-refractivity contribution in [1.29, 1.82) is 0 Å². The highest BCUT2D eigenvalue weighted by molar-refractivity contribution is 14.0. The van der Waals surface area contributed by atoms with Crippen molar-refractivity contribution in [3.05, 3.63) is 53.3 Å². The van der Waals surface area contributed by atoms with Gasteiger partial charge in [-0.15, -0.1) is 24.0 Å². The first kappa shape index (κ1) is 22.4. The molecule has 1 aromatic carbocycles. The Hall–Kier alpha value is -1.90. The number of halogens is 1. The third kappa shape index (κ3) is 6.32. The lowest BCUT2D eigenvalue weighted by Crippen LogP contribution is -2.53. The molecule has 7 heteroatoms. The lowest BCUT2D eigenvalue weighted by atomic mass is 10.1. The normalized spacial score (nSPS) is 14.6. The van der Waals surface area contributed by atoms with Gasteiger partial charge in [0, 0.05) is 51.7 Å². The van der Waals surface area contributed by atoms with E-state index in [-0.39, 0.29) is 24.0 Å². The molecule has 0 amide bonds. The Labute approximate surface area is 185 Å². The Morgan fingerprint density at radius 3 is 2.29 bits per heavy atom. The molecule has 1 aliphatic rings. The van der Waals surface area contributed by atoms with E-state index in [1.54, 1.807) is 12.4 Å². The van der Waals surface area contributed by atoms with Crippen LogP contribution in [0.2, 0.25) is 0 Å². The predicted molar refractivity (Wildman–Crippen MR) is 127 cm³/mol. The van der Waals surface area contributed by atoms with Crippen molar-refractivity contribution in [2.45, 2.75) is 27.2 Å². The van der Waals surface area contributed by atoms with Gasteiger partial charge >= 0.3 is 0 Å². The summed E-state index contributed by atoms with van der Waals surface area (Å²) >= 11 is 0. The number of piperazine rings is 1. The van der Waals surface area contributed by atoms with Crippen LogP contribution in [-0.2, 0) is 6.42 Å². The molecule has 0 radical (unpaired) electrons. The zero-order valence-electron chi connectivity index (χ0n) is 17.1. The van der Waals surface area contributed by atoms with Crippen LogP contribution in [-0.4, -0.2) is 60.1 Å². The SMILES string of the molecule is CCNC(=NCCc1cc(C)cc(C)c1)N1CCN(c2ncccn2)CC1.I. The van der Waals surface area contributed by atoms with Crippen LogP contribution in [0.15, 0.2) is 41.7 Å². The van der Waals surface area contributed by atoms with Gasteiger partial charge in [0.25, 0.3) is 0 Å². The average Bonchev–Trinajstić information content (AvgIpc) is 2.67. The maximum atomic E-state index is 4.87. The number of guanidine groups is 1. The van der Waals surface area contributed by atoms with Gasteiger partial charge in [-0.05, 0) is 38.8 Å². The number of nitrogens with one attached hydrogen (secondary N) is 1. The zero-order chi connectivity index (χ0) is 19.1. The quantitative estimate of drug-likeness (QED) is 0.394. The number of rotatable bonds is 5. The first-order chi connectivity index (χ1) is 13.2. The highest BCUT2D eigenvalue weighted by Gasteiger charge is 2.20. The van der Waals surface area contributed by atoms with E-state index in [1.165, 1.54) is 16.7 Å². The molecule has 2 heterocycles. The fourth-order valence-electron chi connectivity index (χ4n) is 3.50. The van der Waals surface area contributed by atoms with E-state index in [4.69, 9.17) is 4.99 Å². The largest absolute Gasteiger partial charge is 0.357 e. The van der Waals surface area contributed by atoms with Crippen LogP contribution in [0.25, 0.3) is 0 Å². The van der Waals surface area contributed by atoms with Gasteiger partial charge in [-0.25, -0.2) is 9.97 Å². The standard InChI is InChI=1S/C21H30N6.HI/c1-4-22-20(25-9-6-19-15-17(2)14-18(3)16-19)26-10-12-27(13-11-26)21-23-7-5-8-24-21;/h5,7-8,14-16H,4,6,9-13H2,1-3H3,(H,22,25);1H. The molecule has 1 saturated heterocycles. The molecule has 3 rings (SSSR count). The summed E-state index contributed by atoms with van der Waals surface area (Å²) in [5.74, 6) is 1.82. The van der Waals surface area contributed by atoms with Gasteiger partial charge in [-0.3, -0.25) is 4.99 Å². The topological polar surface area (TPSA) is 56.7 Å². The van der Waals surface area contributed by atoms with Gasteiger partial charge in [0.1, 0.15) is 0 Å². The smallest absolute Gasteiger partial charge is 0.225 e. The summed E-state index contributed by atoms with van der Waals surface area (Å²) in [6, 6.07) is 8.58. The number of aromatic nitrogens is 2. The second kappa shape index (κ2) is 11.2. The number of aliphatic imine (C=N–C) groups is 1. The van der Waals surface area contributed by atoms with Crippen LogP contribution < -0.4 is 10.2 Å². The van der Waals surface area contributed by atoms with Crippen molar-refractivity contribution in [3.8, 4) is 0 Å². The van der Waals surface area contributed by atoms with Gasteiger partial charge in [-0.2, -0.15) is 0 Å². The van der Waals surface area contributed by atoms with Crippen LogP contribution in [0.5, 0.6) is 0 Å². The van der Waals surface area contributed by atoms with E-state index in [2.05, 4.69) is 64.1 Å². The van der Waals surface area contributed by atoms with Crippen LogP contribution in [0.4, 0.5) is 5.95 Å². The number of hydrogen-bond acceptors (Lipinski definition) is 4. The van der Waals surface area contributed by atoms with Gasteiger partial charge in [0.05, 0.1) is 0 Å². The molecule has 1 fully saturated rings. The monoisotopic (exact) mass is 494 g/mol. The Balaban J connectivity index is 0.00000280. The van der Waals surface area contributed by atoms with Crippen molar-refractivity contribution in [3.63, 3.8) is 0 Å². The molecule has 28 heavy (non-hydrogen) atoms. The molecule has 152 valence electrons. The minimum absolute atomic E-state index is 0. The van der Waals surface area contributed by atoms with E-state index in [9.17, 15) is 0 Å². The third-order valence-corrected chi connectivity index (χ3v) is 4.69. The predicted octanol–water partition coefficient (Wildman–Crippen LogP) is 3.04. The Morgan fingerprint density at radius 2 is 1.68 bits per heavy atom. The molecule has 0 spiro atoms. The second-order valence-corrected chi connectivity index (χ2v) is 7.00. The van der Waals surface area contributed by atoms with Crippen molar-refractivity contribution < 1.29 is 0 Å². The van der Waals surface area contributed by atoms with Gasteiger partial charge < -0.3 is 15.1 Å². The average molecular weight is 494 g/mol. The van der Waals surface area contributed by atoms with Gasteiger partial charge in [-0.1, -0.05) is 29.3 Å². The van der Waals surface area contributed by atoms with Gasteiger partial charge in [0.15, 0.2) is 5.96 Å². The fraction of sp³-hybridized carbons (Fsp3) is 0.476. The Kier molecular flexibility index (Phi) is 8.95. The zero-order valence-corrected chi connectivity index (χ0v) is 19.4. The van der Waals surface area contributed by atoms with E-state index in [0.717, 1.165) is 57.6 Å². The molecular formula is C21H31IN6. The molecule has 0 saturated carbocycles. The second-order valence-electron chi connectivity index (χ2n) is 7.00. The molecule has 2 aromatic rings. The Bertz CT molecular complexity index is 736. The molecule has 0 bridgehead atoms. The molecular weight excluding hydrogens is 463 g/mol. The number of nitrogens with zero attached hydrogens (tertiary/aromatic N) is 5. The minimum atomic E-state index is 0. The molecule has 0 aliphatic carbocycles. The number of benzene rings is 1. The summed E-state index contributed by atoms with van der Waals surface area (Å²) in [5, 5.41) is 3.44. The summed E-state index contributed by atoms with van der Waals surface area (Å²) in [6.45, 7) is 11.8. The maximum Gasteiger partial charge on any atom is 0.225 e. The van der Waals surface area contributed by atoms with Crippen molar-refractivity contribution in [1.82, 2.24) is 20.2 Å². The van der Waals surface area contributed by atoms with Crippen LogP contribution in [0, 0.1) is 13.8 Å². The molecule has 6 nitrogen and oxygen atoms in total. The fourth-order valence-corrected chi connectivity index (χ4v) is 3.50. The minimum Gasteiger partial charge on any atom is -0.357 e. The summed E-state index contributed by atoms with van der Waals surface area (Å²) in [5.41, 5.74) is 4.00. The number of anilines is 1. The van der Waals surface area contributed by atoms with Crippen LogP contribution >= 0.6 is 24.0 Å². The lowest BCUT2D eigenvalue weighted by molar-refractivity contribution is 0.370. The molecule has 0 atom stereocenters. The molecule has 1 aliphatic heterocycles. The van der Waals surface area contributed by atoms with Crippen LogP contribution in [0.1, 0.15) is 23.6 Å². The summed E-state index contributed by atoms with van der Waals surface area (Å²) < 4.78 is 0. The van der Waals surface area contributed by atoms with Crippen LogP contribution in [0.3, 0.4) is 0 Å². The highest BCUT2D eigenvalue weighted by atomic mass is 127. The van der Waals surface area contributed by atoms with E-state index >= 15 is 0 Å². The summed E-state index contributed by atoms with van der Waals surface area (Å²) in [4.78, 5) is 18.2. The molecule has 1 aromatic heterocycles. The van der Waals surface area contributed by atoms with E-state index < -0.39 is 0 Å². The lowest BCUT2D eigenvalue weighted by Gasteiger charge is -2.36. The summed E-state index contributed by atoms with van der Waals surface area (Å²) in [7, 11) is 0. The van der Waals surface area contributed by atoms with E-state index in [0.29, 0.717) is 0 Å². The molecule has 1 N–H and O–H groups in total. The van der Waals surface area contributed by atoms with Crippen molar-refractivity contribution in [2.75, 3.05) is 44.2 Å². The molecule has 0 unspecified atom stereocenters. The highest BCUT2D eigenvalue weighted by Crippen LogP contribution is 2.11. The number of hydrogen-bond donors (Lipinski definition) is 1. The first-order valence-corrected chi connectivity index (χ1v) is 9.78. The van der Waals surface area contributed by atoms with E-state index in [1.807, 2.05) is 6.07 Å². The summed E-state index contributed by atoms with van der Waals surface area (Å²) in [6.07, 6.45) is 4.57. The third-order valence-electron chi connectivity index (χ3n) is 4.69.